The molecule has 5 heteroatoms. The second-order valence-electron chi connectivity index (χ2n) is 5.86. The minimum atomic E-state index is -0.137. The van der Waals surface area contributed by atoms with Crippen LogP contribution in [-0.4, -0.2) is 16.1 Å². The molecule has 0 bridgehead atoms. The number of amides is 1. The summed E-state index contributed by atoms with van der Waals surface area (Å²) in [4.78, 5) is 12.3. The topological polar surface area (TPSA) is 83.8 Å². The number of nitrogens with zero attached hydrogens (tertiary/aromatic N) is 1. The zero-order valence-corrected chi connectivity index (χ0v) is 13.8. The molecular formula is C19H20N4O. The third-order valence-corrected chi connectivity index (χ3v) is 4.05. The Morgan fingerprint density at radius 3 is 2.33 bits per heavy atom. The molecule has 3 rings (SSSR count). The molecule has 0 radical (unpaired) electrons. The van der Waals surface area contributed by atoms with Gasteiger partial charge in [0.15, 0.2) is 0 Å². The molecule has 5 nitrogen and oxygen atoms in total. The van der Waals surface area contributed by atoms with E-state index in [1.54, 1.807) is 24.3 Å². The van der Waals surface area contributed by atoms with E-state index in [-0.39, 0.29) is 5.91 Å². The van der Waals surface area contributed by atoms with Crippen LogP contribution in [0.25, 0.3) is 0 Å². The van der Waals surface area contributed by atoms with Crippen molar-refractivity contribution in [3.05, 3.63) is 76.6 Å². The van der Waals surface area contributed by atoms with Gasteiger partial charge < -0.3 is 11.1 Å². The van der Waals surface area contributed by atoms with E-state index in [9.17, 15) is 4.79 Å². The maximum absolute atomic E-state index is 12.3. The highest BCUT2D eigenvalue weighted by molar-refractivity contribution is 6.04. The van der Waals surface area contributed by atoms with Gasteiger partial charge in [-0.25, -0.2) is 0 Å². The molecule has 0 saturated carbocycles. The molecule has 0 spiro atoms. The molecule has 1 aromatic heterocycles. The predicted molar refractivity (Wildman–Crippen MR) is 96.1 cm³/mol. The number of carbonyl (C=O) groups excluding carboxylic acids is 1. The van der Waals surface area contributed by atoms with E-state index >= 15 is 0 Å². The number of hydrogen-bond donors (Lipinski definition) is 3. The van der Waals surface area contributed by atoms with Crippen molar-refractivity contribution >= 4 is 17.3 Å². The standard InChI is InChI=1S/C19H20N4O/c1-12-18(13(2)23-22-12)11-14-3-5-15(6-4-14)19(24)21-17-9-7-16(20)8-10-17/h3-10H,11,20H2,1-2H3,(H,21,24)(H,22,23). The fraction of sp³-hybridized carbons (Fsp3) is 0.158. The quantitative estimate of drug-likeness (QED) is 0.644. The van der Waals surface area contributed by atoms with Crippen LogP contribution in [0.4, 0.5) is 11.4 Å². The summed E-state index contributed by atoms with van der Waals surface area (Å²) in [6, 6.07) is 14.7. The summed E-state index contributed by atoms with van der Waals surface area (Å²) in [6.07, 6.45) is 0.800. The van der Waals surface area contributed by atoms with Crippen LogP contribution in [0, 0.1) is 13.8 Å². The third-order valence-electron chi connectivity index (χ3n) is 4.05. The summed E-state index contributed by atoms with van der Waals surface area (Å²) < 4.78 is 0. The second-order valence-corrected chi connectivity index (χ2v) is 5.86. The van der Waals surface area contributed by atoms with Gasteiger partial charge in [-0.1, -0.05) is 12.1 Å². The first-order valence-corrected chi connectivity index (χ1v) is 7.79. The van der Waals surface area contributed by atoms with E-state index in [0.717, 1.165) is 29.1 Å². The molecule has 4 N–H and O–H groups in total. The van der Waals surface area contributed by atoms with Crippen molar-refractivity contribution in [2.24, 2.45) is 0 Å². The highest BCUT2D eigenvalue weighted by atomic mass is 16.1. The molecule has 1 amide bonds. The van der Waals surface area contributed by atoms with E-state index in [1.807, 2.05) is 38.1 Å². The molecule has 0 fully saturated rings. The summed E-state index contributed by atoms with van der Waals surface area (Å²) >= 11 is 0. The lowest BCUT2D eigenvalue weighted by molar-refractivity contribution is 0.102. The molecule has 3 aromatic rings. The summed E-state index contributed by atoms with van der Waals surface area (Å²) in [6.45, 7) is 4.01. The van der Waals surface area contributed by atoms with Gasteiger partial charge in [-0.05, 0) is 55.8 Å². The summed E-state index contributed by atoms with van der Waals surface area (Å²) in [7, 11) is 0. The van der Waals surface area contributed by atoms with E-state index in [0.29, 0.717) is 11.3 Å². The van der Waals surface area contributed by atoms with Crippen molar-refractivity contribution in [3.8, 4) is 0 Å². The Bertz CT molecular complexity index is 829. The van der Waals surface area contributed by atoms with Crippen LogP contribution in [-0.2, 0) is 6.42 Å². The number of benzene rings is 2. The van der Waals surface area contributed by atoms with Gasteiger partial charge in [0.2, 0.25) is 0 Å². The SMILES string of the molecule is Cc1n[nH]c(C)c1Cc1ccc(C(=O)Nc2ccc(N)cc2)cc1. The maximum atomic E-state index is 12.3. The summed E-state index contributed by atoms with van der Waals surface area (Å²) in [5.41, 5.74) is 12.1. The largest absolute Gasteiger partial charge is 0.399 e. The first-order chi connectivity index (χ1) is 11.5. The molecule has 122 valence electrons. The molecule has 0 atom stereocenters. The van der Waals surface area contributed by atoms with Crippen molar-refractivity contribution in [1.82, 2.24) is 10.2 Å². The van der Waals surface area contributed by atoms with Crippen molar-refractivity contribution in [2.45, 2.75) is 20.3 Å². The smallest absolute Gasteiger partial charge is 0.255 e. The third kappa shape index (κ3) is 3.46. The molecule has 24 heavy (non-hydrogen) atoms. The van der Waals surface area contributed by atoms with E-state index in [1.165, 1.54) is 5.56 Å². The van der Waals surface area contributed by atoms with E-state index < -0.39 is 0 Å². The van der Waals surface area contributed by atoms with Gasteiger partial charge in [0.1, 0.15) is 0 Å². The molecule has 0 aliphatic heterocycles. The van der Waals surface area contributed by atoms with Gasteiger partial charge in [0, 0.05) is 34.6 Å². The Balaban J connectivity index is 1.69. The molecule has 0 aliphatic carbocycles. The van der Waals surface area contributed by atoms with Gasteiger partial charge in [0.05, 0.1) is 5.69 Å². The molecule has 2 aromatic carbocycles. The van der Waals surface area contributed by atoms with Crippen LogP contribution in [0.15, 0.2) is 48.5 Å². The Labute approximate surface area is 140 Å². The van der Waals surface area contributed by atoms with Crippen LogP contribution in [0.1, 0.15) is 32.9 Å². The van der Waals surface area contributed by atoms with Gasteiger partial charge in [-0.3, -0.25) is 9.89 Å². The molecule has 0 saturated heterocycles. The van der Waals surface area contributed by atoms with Gasteiger partial charge in [-0.15, -0.1) is 0 Å². The number of H-pyrrole nitrogens is 1. The fourth-order valence-corrected chi connectivity index (χ4v) is 2.58. The molecule has 1 heterocycles. The van der Waals surface area contributed by atoms with Crippen LogP contribution in [0.5, 0.6) is 0 Å². The van der Waals surface area contributed by atoms with E-state index in [2.05, 4.69) is 15.5 Å². The van der Waals surface area contributed by atoms with E-state index in [4.69, 9.17) is 5.73 Å². The minimum absolute atomic E-state index is 0.137. The van der Waals surface area contributed by atoms with Crippen LogP contribution in [0.3, 0.4) is 0 Å². The maximum Gasteiger partial charge on any atom is 0.255 e. The predicted octanol–water partition coefficient (Wildman–Crippen LogP) is 3.45. The number of nitrogens with two attached hydrogens (primary N) is 1. The number of hydrogen-bond acceptors (Lipinski definition) is 3. The normalized spacial score (nSPS) is 10.6. The first kappa shape index (κ1) is 15.8. The second kappa shape index (κ2) is 6.58. The Kier molecular flexibility index (Phi) is 4.33. The monoisotopic (exact) mass is 320 g/mol. The number of rotatable bonds is 4. The summed E-state index contributed by atoms with van der Waals surface area (Å²) in [5.74, 6) is -0.137. The van der Waals surface area contributed by atoms with Gasteiger partial charge in [-0.2, -0.15) is 5.10 Å². The van der Waals surface area contributed by atoms with Gasteiger partial charge >= 0.3 is 0 Å². The number of nitrogen functional groups attached to an aromatic ring is 1. The zero-order valence-electron chi connectivity index (χ0n) is 13.8. The lowest BCUT2D eigenvalue weighted by atomic mass is 10.0. The van der Waals surface area contributed by atoms with Crippen LogP contribution in [0.2, 0.25) is 0 Å². The first-order valence-electron chi connectivity index (χ1n) is 7.79. The molecule has 0 unspecified atom stereocenters. The number of nitrogens with one attached hydrogen (secondary N) is 2. The van der Waals surface area contributed by atoms with Crippen molar-refractivity contribution in [1.29, 1.82) is 0 Å². The lowest BCUT2D eigenvalue weighted by Crippen LogP contribution is -2.11. The van der Waals surface area contributed by atoms with Crippen molar-refractivity contribution in [2.75, 3.05) is 11.1 Å². The number of aromatic nitrogens is 2. The average molecular weight is 320 g/mol. The Morgan fingerprint density at radius 1 is 1.08 bits per heavy atom. The number of carbonyl (C=O) groups is 1. The van der Waals surface area contributed by atoms with Crippen LogP contribution < -0.4 is 11.1 Å². The van der Waals surface area contributed by atoms with Gasteiger partial charge in [0.25, 0.3) is 5.91 Å². The van der Waals surface area contributed by atoms with Crippen LogP contribution >= 0.6 is 0 Å². The van der Waals surface area contributed by atoms with Crippen molar-refractivity contribution < 1.29 is 4.79 Å². The number of anilines is 2. The summed E-state index contributed by atoms with van der Waals surface area (Å²) in [5, 5.41) is 10.1. The Hall–Kier alpha value is -3.08. The minimum Gasteiger partial charge on any atom is -0.399 e. The lowest BCUT2D eigenvalue weighted by Gasteiger charge is -2.07. The molecular weight excluding hydrogens is 300 g/mol. The zero-order chi connectivity index (χ0) is 17.1. The number of aromatic amines is 1. The average Bonchev–Trinajstić information content (AvgIpc) is 2.89. The molecule has 0 aliphatic rings. The number of aryl methyl sites for hydroxylation is 2. The fourth-order valence-electron chi connectivity index (χ4n) is 2.58. The van der Waals surface area contributed by atoms with Crippen molar-refractivity contribution in [3.63, 3.8) is 0 Å². The highest BCUT2D eigenvalue weighted by Crippen LogP contribution is 2.17. The Morgan fingerprint density at radius 2 is 1.75 bits per heavy atom. The highest BCUT2D eigenvalue weighted by Gasteiger charge is 2.09.